The highest BCUT2D eigenvalue weighted by molar-refractivity contribution is 6.08. The van der Waals surface area contributed by atoms with Crippen LogP contribution in [0.15, 0.2) is 77.4 Å². The van der Waals surface area contributed by atoms with E-state index in [-0.39, 0.29) is 19.6 Å². The lowest BCUT2D eigenvalue weighted by molar-refractivity contribution is 0.173. The molecule has 3 aliphatic heterocycles. The molecule has 170 valence electrons. The van der Waals surface area contributed by atoms with Crippen molar-refractivity contribution in [2.75, 3.05) is 18.6 Å². The Morgan fingerprint density at radius 3 is 2.35 bits per heavy atom. The molecule has 7 rings (SSSR count). The summed E-state index contributed by atoms with van der Waals surface area (Å²) in [4.78, 5) is 0. The molecule has 34 heavy (non-hydrogen) atoms. The predicted molar refractivity (Wildman–Crippen MR) is 130 cm³/mol. The summed E-state index contributed by atoms with van der Waals surface area (Å²) < 4.78 is 22.3. The van der Waals surface area contributed by atoms with Crippen LogP contribution in [-0.4, -0.2) is 19.3 Å². The molecule has 1 saturated carbocycles. The number of anilines is 1. The Morgan fingerprint density at radius 2 is 1.53 bits per heavy atom. The van der Waals surface area contributed by atoms with Gasteiger partial charge in [-0.25, -0.2) is 0 Å². The maximum atomic E-state index is 5.70. The number of allylic oxidation sites excluding steroid dienone is 1. The van der Waals surface area contributed by atoms with E-state index in [1.54, 1.807) is 0 Å². The zero-order chi connectivity index (χ0) is 22.5. The number of benzene rings is 3. The lowest BCUT2D eigenvalue weighted by atomic mass is 9.77. The Bertz CT molecular complexity index is 1320. The first-order valence-electron chi connectivity index (χ1n) is 11.8. The third-order valence-corrected chi connectivity index (χ3v) is 7.00. The van der Waals surface area contributed by atoms with E-state index in [1.165, 1.54) is 16.8 Å². The molecule has 3 heterocycles. The molecule has 3 aromatic carbocycles. The van der Waals surface area contributed by atoms with E-state index in [0.717, 1.165) is 53.5 Å². The van der Waals surface area contributed by atoms with Crippen molar-refractivity contribution in [3.05, 3.63) is 83.4 Å². The third-order valence-electron chi connectivity index (χ3n) is 7.00. The Labute approximate surface area is 198 Å². The van der Waals surface area contributed by atoms with Crippen LogP contribution in [0.5, 0.6) is 23.0 Å². The van der Waals surface area contributed by atoms with Gasteiger partial charge in [-0.2, -0.15) is 5.10 Å². The van der Waals surface area contributed by atoms with Crippen LogP contribution in [0.2, 0.25) is 0 Å². The highest BCUT2D eigenvalue weighted by Gasteiger charge is 2.42. The molecule has 0 amide bonds. The lowest BCUT2D eigenvalue weighted by Crippen LogP contribution is -2.28. The maximum Gasteiger partial charge on any atom is 0.231 e. The van der Waals surface area contributed by atoms with Gasteiger partial charge in [-0.05, 0) is 78.4 Å². The zero-order valence-electron chi connectivity index (χ0n) is 18.6. The summed E-state index contributed by atoms with van der Waals surface area (Å²) in [6.07, 6.45) is 5.50. The van der Waals surface area contributed by atoms with E-state index in [2.05, 4.69) is 59.6 Å². The minimum absolute atomic E-state index is 0.104. The van der Waals surface area contributed by atoms with E-state index in [9.17, 15) is 0 Å². The lowest BCUT2D eigenvalue weighted by Gasteiger charge is -2.30. The van der Waals surface area contributed by atoms with Crippen molar-refractivity contribution in [2.24, 2.45) is 11.0 Å². The zero-order valence-corrected chi connectivity index (χ0v) is 18.6. The Balaban J connectivity index is 1.30. The normalized spacial score (nSPS) is 23.2. The highest BCUT2D eigenvalue weighted by Crippen LogP contribution is 2.48. The van der Waals surface area contributed by atoms with E-state index >= 15 is 0 Å². The van der Waals surface area contributed by atoms with Gasteiger partial charge in [0.25, 0.3) is 0 Å². The maximum absolute atomic E-state index is 5.70. The van der Waals surface area contributed by atoms with Crippen LogP contribution in [0.4, 0.5) is 5.69 Å². The van der Waals surface area contributed by atoms with Crippen molar-refractivity contribution < 1.29 is 18.9 Å². The minimum atomic E-state index is 0.104. The minimum Gasteiger partial charge on any atom is -0.454 e. The van der Waals surface area contributed by atoms with Crippen molar-refractivity contribution in [3.63, 3.8) is 0 Å². The number of ether oxygens (including phenoxy) is 4. The molecule has 3 aromatic rings. The van der Waals surface area contributed by atoms with Gasteiger partial charge in [-0.3, -0.25) is 5.01 Å². The van der Waals surface area contributed by atoms with Gasteiger partial charge in [0.2, 0.25) is 13.6 Å². The van der Waals surface area contributed by atoms with Gasteiger partial charge in [-0.1, -0.05) is 30.3 Å². The van der Waals surface area contributed by atoms with Gasteiger partial charge < -0.3 is 18.9 Å². The van der Waals surface area contributed by atoms with Crippen LogP contribution in [0, 0.1) is 5.92 Å². The first-order chi connectivity index (χ1) is 16.8. The van der Waals surface area contributed by atoms with Gasteiger partial charge in [0.05, 0.1) is 17.4 Å². The summed E-state index contributed by atoms with van der Waals surface area (Å²) in [5.41, 5.74) is 5.87. The first kappa shape index (κ1) is 19.5. The van der Waals surface area contributed by atoms with Gasteiger partial charge in [0, 0.05) is 5.92 Å². The number of fused-ring (bicyclic) bond motifs is 3. The van der Waals surface area contributed by atoms with Crippen LogP contribution in [0.25, 0.3) is 6.08 Å². The van der Waals surface area contributed by atoms with Crippen LogP contribution < -0.4 is 24.0 Å². The smallest absolute Gasteiger partial charge is 0.231 e. The van der Waals surface area contributed by atoms with Crippen molar-refractivity contribution in [1.29, 1.82) is 0 Å². The first-order valence-corrected chi connectivity index (χ1v) is 11.8. The highest BCUT2D eigenvalue weighted by atomic mass is 16.7. The molecule has 1 aliphatic carbocycles. The fourth-order valence-electron chi connectivity index (χ4n) is 5.43. The summed E-state index contributed by atoms with van der Waals surface area (Å²) in [7, 11) is 0. The Hall–Kier alpha value is -3.93. The van der Waals surface area contributed by atoms with Gasteiger partial charge in [0.15, 0.2) is 23.0 Å². The quantitative estimate of drug-likeness (QED) is 0.492. The molecule has 6 nitrogen and oxygen atoms in total. The van der Waals surface area contributed by atoms with Crippen LogP contribution in [0.1, 0.15) is 36.4 Å². The molecule has 4 aliphatic rings. The topological polar surface area (TPSA) is 52.5 Å². The van der Waals surface area contributed by atoms with Crippen LogP contribution >= 0.6 is 0 Å². The van der Waals surface area contributed by atoms with E-state index < -0.39 is 0 Å². The SMILES string of the molecule is C(=C1CCC[C@H]2C1=NN(c1ccccc1)[C@@H]2c1ccc2c(c1)OCO2)c1ccc2c(c1)OCO2. The Kier molecular flexibility index (Phi) is 4.50. The molecule has 6 heteroatoms. The van der Waals surface area contributed by atoms with Crippen molar-refractivity contribution in [3.8, 4) is 23.0 Å². The number of hydrazone groups is 1. The second-order valence-corrected chi connectivity index (χ2v) is 9.00. The number of hydrogen-bond acceptors (Lipinski definition) is 6. The summed E-state index contributed by atoms with van der Waals surface area (Å²) >= 11 is 0. The summed E-state index contributed by atoms with van der Waals surface area (Å²) in [5, 5.41) is 7.43. The number of rotatable bonds is 3. The molecule has 0 aromatic heterocycles. The molecule has 0 N–H and O–H groups in total. The molecule has 0 unspecified atom stereocenters. The number of para-hydroxylation sites is 1. The molecular weight excluding hydrogens is 428 g/mol. The van der Waals surface area contributed by atoms with E-state index in [1.807, 2.05) is 18.2 Å². The average Bonchev–Trinajstić information content (AvgIpc) is 3.62. The van der Waals surface area contributed by atoms with Crippen LogP contribution in [-0.2, 0) is 0 Å². The molecule has 2 atom stereocenters. The Morgan fingerprint density at radius 1 is 0.794 bits per heavy atom. The number of nitrogens with zero attached hydrogens (tertiary/aromatic N) is 2. The van der Waals surface area contributed by atoms with E-state index in [0.29, 0.717) is 5.92 Å². The predicted octanol–water partition coefficient (Wildman–Crippen LogP) is 5.95. The standard InChI is InChI=1S/C28H24N2O4/c1-2-6-21(7-3-1)30-28(20-10-12-24-26(15-20)34-17-32-24)22-8-4-5-19(27(22)29-30)13-18-9-11-23-25(14-18)33-16-31-23/h1-3,6-7,9-15,22,28H,4-5,8,16-17H2/t22-,28+/m0/s1. The molecule has 1 fully saturated rings. The van der Waals surface area contributed by atoms with Crippen molar-refractivity contribution >= 4 is 17.5 Å². The summed E-state index contributed by atoms with van der Waals surface area (Å²) in [6.45, 7) is 0.562. The van der Waals surface area contributed by atoms with E-state index in [4.69, 9.17) is 24.0 Å². The second kappa shape index (κ2) is 7.83. The van der Waals surface area contributed by atoms with Gasteiger partial charge >= 0.3 is 0 Å². The molecule has 0 spiro atoms. The summed E-state index contributed by atoms with van der Waals surface area (Å²) in [5.74, 6) is 3.53. The largest absolute Gasteiger partial charge is 0.454 e. The van der Waals surface area contributed by atoms with Crippen molar-refractivity contribution in [2.45, 2.75) is 25.3 Å². The third kappa shape index (κ3) is 3.21. The van der Waals surface area contributed by atoms with Gasteiger partial charge in [-0.15, -0.1) is 0 Å². The molecule has 0 saturated heterocycles. The monoisotopic (exact) mass is 452 g/mol. The molecule has 0 radical (unpaired) electrons. The average molecular weight is 453 g/mol. The number of hydrogen-bond donors (Lipinski definition) is 0. The molecule has 0 bridgehead atoms. The second-order valence-electron chi connectivity index (χ2n) is 9.00. The molecular formula is C28H24N2O4. The fourth-order valence-corrected chi connectivity index (χ4v) is 5.43. The van der Waals surface area contributed by atoms with Gasteiger partial charge in [0.1, 0.15) is 0 Å². The van der Waals surface area contributed by atoms with Crippen LogP contribution in [0.3, 0.4) is 0 Å². The fraction of sp³-hybridized carbons (Fsp3) is 0.250. The summed E-state index contributed by atoms with van der Waals surface area (Å²) in [6, 6.07) is 23.0. The van der Waals surface area contributed by atoms with Crippen molar-refractivity contribution in [1.82, 2.24) is 0 Å².